The molecule has 0 aliphatic carbocycles. The van der Waals surface area contributed by atoms with Crippen molar-refractivity contribution in [3.05, 3.63) is 23.8 Å². The molecule has 0 radical (unpaired) electrons. The van der Waals surface area contributed by atoms with Crippen LogP contribution in [0.5, 0.6) is 0 Å². The smallest absolute Gasteiger partial charge is 0.115 e. The first-order valence-corrected chi connectivity index (χ1v) is 4.85. The van der Waals surface area contributed by atoms with Crippen LogP contribution in [-0.4, -0.2) is 23.1 Å². The first-order chi connectivity index (χ1) is 6.38. The van der Waals surface area contributed by atoms with Crippen molar-refractivity contribution in [3.63, 3.8) is 0 Å². The molecule has 3 heteroatoms. The topological polar surface area (TPSA) is 37.8 Å². The molecule has 0 saturated carbocycles. The first-order valence-electron chi connectivity index (χ1n) is 4.85. The van der Waals surface area contributed by atoms with E-state index in [4.69, 9.17) is 0 Å². The molecule has 0 amide bonds. The maximum absolute atomic E-state index is 4.35. The summed E-state index contributed by atoms with van der Waals surface area (Å²) in [5, 5.41) is 3.40. The molecule has 1 aromatic heterocycles. The molecule has 2 rings (SSSR count). The van der Waals surface area contributed by atoms with Gasteiger partial charge in [-0.1, -0.05) is 0 Å². The fourth-order valence-electron chi connectivity index (χ4n) is 1.92. The minimum absolute atomic E-state index is 0.594. The van der Waals surface area contributed by atoms with E-state index in [0.717, 1.165) is 13.1 Å². The number of aryl methyl sites for hydroxylation is 1. The summed E-state index contributed by atoms with van der Waals surface area (Å²) >= 11 is 0. The second-order valence-electron chi connectivity index (χ2n) is 3.63. The molecule has 1 aliphatic heterocycles. The zero-order chi connectivity index (χ0) is 9.10. The van der Waals surface area contributed by atoms with Crippen LogP contribution in [0.1, 0.15) is 30.0 Å². The third-order valence-corrected chi connectivity index (χ3v) is 2.62. The van der Waals surface area contributed by atoms with Crippen molar-refractivity contribution in [2.75, 3.05) is 13.1 Å². The Hall–Kier alpha value is -0.960. The van der Waals surface area contributed by atoms with Crippen LogP contribution in [0.15, 0.2) is 12.5 Å². The van der Waals surface area contributed by atoms with Crippen LogP contribution in [0.3, 0.4) is 0 Å². The van der Waals surface area contributed by atoms with Gasteiger partial charge in [-0.15, -0.1) is 0 Å². The summed E-state index contributed by atoms with van der Waals surface area (Å²) in [6.45, 7) is 4.31. The molecule has 1 aromatic rings. The van der Waals surface area contributed by atoms with Crippen LogP contribution in [0.25, 0.3) is 0 Å². The Morgan fingerprint density at radius 2 is 2.46 bits per heavy atom. The van der Waals surface area contributed by atoms with E-state index < -0.39 is 0 Å². The van der Waals surface area contributed by atoms with Crippen LogP contribution in [0, 0.1) is 6.92 Å². The average Bonchev–Trinajstić information content (AvgIpc) is 2.20. The van der Waals surface area contributed by atoms with E-state index in [2.05, 4.69) is 22.2 Å². The molecule has 3 nitrogen and oxygen atoms in total. The number of nitrogens with zero attached hydrogens (tertiary/aromatic N) is 2. The van der Waals surface area contributed by atoms with Gasteiger partial charge in [-0.2, -0.15) is 0 Å². The molecule has 1 aliphatic rings. The van der Waals surface area contributed by atoms with Crippen LogP contribution in [-0.2, 0) is 0 Å². The van der Waals surface area contributed by atoms with Crippen molar-refractivity contribution in [1.82, 2.24) is 15.3 Å². The quantitative estimate of drug-likeness (QED) is 0.701. The molecule has 0 spiro atoms. The highest BCUT2D eigenvalue weighted by Crippen LogP contribution is 2.22. The fraction of sp³-hybridized carbons (Fsp3) is 0.600. The normalized spacial score (nSPS) is 23.0. The zero-order valence-electron chi connectivity index (χ0n) is 7.95. The Bertz CT molecular complexity index is 279. The third kappa shape index (κ3) is 1.86. The van der Waals surface area contributed by atoms with E-state index in [1.807, 2.05) is 6.20 Å². The molecule has 1 fully saturated rings. The van der Waals surface area contributed by atoms with E-state index in [1.165, 1.54) is 24.1 Å². The van der Waals surface area contributed by atoms with Gasteiger partial charge >= 0.3 is 0 Å². The predicted molar refractivity (Wildman–Crippen MR) is 51.6 cm³/mol. The van der Waals surface area contributed by atoms with Crippen molar-refractivity contribution in [2.45, 2.75) is 25.7 Å². The molecule has 13 heavy (non-hydrogen) atoms. The highest BCUT2D eigenvalue weighted by atomic mass is 14.9. The molecule has 0 bridgehead atoms. The van der Waals surface area contributed by atoms with Gasteiger partial charge in [0, 0.05) is 18.7 Å². The zero-order valence-corrected chi connectivity index (χ0v) is 7.95. The Labute approximate surface area is 78.6 Å². The Kier molecular flexibility index (Phi) is 2.54. The summed E-state index contributed by atoms with van der Waals surface area (Å²) in [5.41, 5.74) is 2.44. The summed E-state index contributed by atoms with van der Waals surface area (Å²) in [6, 6.07) is 0. The highest BCUT2D eigenvalue weighted by Gasteiger charge is 2.17. The SMILES string of the molecule is Cc1cncnc1[C@H]1CCCNC1. The van der Waals surface area contributed by atoms with E-state index in [0.29, 0.717) is 5.92 Å². The summed E-state index contributed by atoms with van der Waals surface area (Å²) < 4.78 is 0. The summed E-state index contributed by atoms with van der Waals surface area (Å²) in [7, 11) is 0. The second kappa shape index (κ2) is 3.83. The fourth-order valence-corrected chi connectivity index (χ4v) is 1.92. The van der Waals surface area contributed by atoms with Gasteiger partial charge < -0.3 is 5.32 Å². The van der Waals surface area contributed by atoms with Gasteiger partial charge in [0.1, 0.15) is 6.33 Å². The van der Waals surface area contributed by atoms with Crippen molar-refractivity contribution >= 4 is 0 Å². The Balaban J connectivity index is 2.18. The second-order valence-corrected chi connectivity index (χ2v) is 3.63. The third-order valence-electron chi connectivity index (χ3n) is 2.62. The predicted octanol–water partition coefficient (Wildman–Crippen LogP) is 1.25. The van der Waals surface area contributed by atoms with Gasteiger partial charge in [0.05, 0.1) is 5.69 Å². The lowest BCUT2D eigenvalue weighted by Crippen LogP contribution is -2.29. The number of hydrogen-bond acceptors (Lipinski definition) is 3. The van der Waals surface area contributed by atoms with Crippen molar-refractivity contribution in [1.29, 1.82) is 0 Å². The number of hydrogen-bond donors (Lipinski definition) is 1. The van der Waals surface area contributed by atoms with Crippen LogP contribution in [0.4, 0.5) is 0 Å². The monoisotopic (exact) mass is 177 g/mol. The lowest BCUT2D eigenvalue weighted by Gasteiger charge is -2.23. The number of nitrogens with one attached hydrogen (secondary N) is 1. The lowest BCUT2D eigenvalue weighted by atomic mass is 9.94. The van der Waals surface area contributed by atoms with Gasteiger partial charge in [0.25, 0.3) is 0 Å². The minimum Gasteiger partial charge on any atom is -0.316 e. The van der Waals surface area contributed by atoms with Crippen molar-refractivity contribution in [3.8, 4) is 0 Å². The van der Waals surface area contributed by atoms with Crippen LogP contribution >= 0.6 is 0 Å². The molecular weight excluding hydrogens is 162 g/mol. The first kappa shape index (κ1) is 8.63. The Morgan fingerprint density at radius 3 is 3.15 bits per heavy atom. The van der Waals surface area contributed by atoms with Gasteiger partial charge in [-0.3, -0.25) is 0 Å². The van der Waals surface area contributed by atoms with Crippen LogP contribution in [0.2, 0.25) is 0 Å². The van der Waals surface area contributed by atoms with Crippen molar-refractivity contribution < 1.29 is 0 Å². The van der Waals surface area contributed by atoms with E-state index in [-0.39, 0.29) is 0 Å². The molecule has 0 unspecified atom stereocenters. The summed E-state index contributed by atoms with van der Waals surface area (Å²) in [5.74, 6) is 0.594. The van der Waals surface area contributed by atoms with E-state index in [1.54, 1.807) is 6.33 Å². The molecule has 70 valence electrons. The highest BCUT2D eigenvalue weighted by molar-refractivity contribution is 5.19. The summed E-state index contributed by atoms with van der Waals surface area (Å²) in [4.78, 5) is 8.36. The maximum Gasteiger partial charge on any atom is 0.115 e. The number of piperidine rings is 1. The van der Waals surface area contributed by atoms with Gasteiger partial charge in [0.15, 0.2) is 0 Å². The maximum atomic E-state index is 4.35. The molecule has 1 N–H and O–H groups in total. The average molecular weight is 177 g/mol. The van der Waals surface area contributed by atoms with E-state index in [9.17, 15) is 0 Å². The minimum atomic E-state index is 0.594. The molecule has 2 heterocycles. The number of rotatable bonds is 1. The van der Waals surface area contributed by atoms with Gasteiger partial charge in [-0.05, 0) is 31.9 Å². The lowest BCUT2D eigenvalue weighted by molar-refractivity contribution is 0.452. The molecule has 1 atom stereocenters. The molecule has 1 saturated heterocycles. The van der Waals surface area contributed by atoms with Gasteiger partial charge in [0.2, 0.25) is 0 Å². The molecule has 0 aromatic carbocycles. The summed E-state index contributed by atoms with van der Waals surface area (Å²) in [6.07, 6.45) is 6.06. The largest absolute Gasteiger partial charge is 0.316 e. The standard InChI is InChI=1S/C10H15N3/c1-8-5-12-7-13-10(8)9-3-2-4-11-6-9/h5,7,9,11H,2-4,6H2,1H3/t9-/m0/s1. The van der Waals surface area contributed by atoms with Gasteiger partial charge in [-0.25, -0.2) is 9.97 Å². The van der Waals surface area contributed by atoms with Crippen LogP contribution < -0.4 is 5.32 Å². The molecular formula is C10H15N3. The van der Waals surface area contributed by atoms with E-state index >= 15 is 0 Å². The number of aromatic nitrogens is 2. The van der Waals surface area contributed by atoms with Crippen molar-refractivity contribution in [2.24, 2.45) is 0 Å². The Morgan fingerprint density at radius 1 is 1.54 bits per heavy atom.